The van der Waals surface area contributed by atoms with Gasteiger partial charge in [0.05, 0.1) is 7.85 Å². The van der Waals surface area contributed by atoms with Crippen LogP contribution in [0, 0.1) is 0 Å². The van der Waals surface area contributed by atoms with Gasteiger partial charge in [0, 0.05) is 23.9 Å². The molecule has 1 aromatic heterocycles. The van der Waals surface area contributed by atoms with E-state index >= 15 is 0 Å². The summed E-state index contributed by atoms with van der Waals surface area (Å²) in [4.78, 5) is 5.00. The highest BCUT2D eigenvalue weighted by atomic mass is 28.3. The average molecular weight is 509 g/mol. The van der Waals surface area contributed by atoms with Crippen molar-refractivity contribution in [2.45, 2.75) is 42.7 Å². The molecule has 1 heterocycles. The van der Waals surface area contributed by atoms with E-state index < -0.39 is 13.4 Å². The van der Waals surface area contributed by atoms with Gasteiger partial charge in [-0.15, -0.1) is 0 Å². The van der Waals surface area contributed by atoms with E-state index in [9.17, 15) is 0 Å². The van der Waals surface area contributed by atoms with Gasteiger partial charge in [0.1, 0.15) is 13.9 Å². The van der Waals surface area contributed by atoms with Crippen molar-refractivity contribution in [1.82, 2.24) is 9.55 Å². The maximum absolute atomic E-state index is 7.49. The summed E-state index contributed by atoms with van der Waals surface area (Å²) in [6.07, 6.45) is 10.2. The average Bonchev–Trinajstić information content (AvgIpc) is 3.71. The SMILES string of the molecule is [B]C(c1ccccc1)(c1ccccc1)c1nccn1C[Si](c1ccccc1)(c1ccccc1)C1CCCC1. The largest absolute Gasteiger partial charge is 0.337 e. The summed E-state index contributed by atoms with van der Waals surface area (Å²) in [6.45, 7) is 0. The summed E-state index contributed by atoms with van der Waals surface area (Å²) < 4.78 is 2.39. The Labute approximate surface area is 228 Å². The Kier molecular flexibility index (Phi) is 6.90. The minimum absolute atomic E-state index is 0.670. The van der Waals surface area contributed by atoms with Crippen LogP contribution in [0.4, 0.5) is 0 Å². The zero-order valence-corrected chi connectivity index (χ0v) is 22.8. The minimum atomic E-state index is -2.26. The van der Waals surface area contributed by atoms with E-state index in [0.717, 1.165) is 23.1 Å². The highest BCUT2D eigenvalue weighted by Crippen LogP contribution is 2.41. The molecule has 4 aromatic carbocycles. The molecular formula is C34H33BN2Si. The van der Waals surface area contributed by atoms with Crippen LogP contribution in [0.25, 0.3) is 0 Å². The lowest BCUT2D eigenvalue weighted by Gasteiger charge is -2.40. The van der Waals surface area contributed by atoms with E-state index in [1.807, 2.05) is 18.3 Å². The van der Waals surface area contributed by atoms with Crippen LogP contribution in [-0.2, 0) is 11.5 Å². The van der Waals surface area contributed by atoms with Gasteiger partial charge >= 0.3 is 0 Å². The Morgan fingerprint density at radius 3 is 1.61 bits per heavy atom. The van der Waals surface area contributed by atoms with E-state index in [-0.39, 0.29) is 0 Å². The van der Waals surface area contributed by atoms with Crippen molar-refractivity contribution in [3.63, 3.8) is 0 Å². The molecule has 0 saturated heterocycles. The van der Waals surface area contributed by atoms with Crippen molar-refractivity contribution in [3.8, 4) is 0 Å². The third-order valence-corrected chi connectivity index (χ3v) is 14.1. The molecule has 1 aliphatic carbocycles. The van der Waals surface area contributed by atoms with Gasteiger partial charge in [-0.1, -0.05) is 157 Å². The number of aromatic nitrogens is 2. The van der Waals surface area contributed by atoms with Crippen LogP contribution < -0.4 is 10.4 Å². The fourth-order valence-corrected chi connectivity index (χ4v) is 12.4. The van der Waals surface area contributed by atoms with Crippen LogP contribution >= 0.6 is 0 Å². The number of imidazole rings is 1. The second kappa shape index (κ2) is 10.6. The molecule has 0 amide bonds. The predicted molar refractivity (Wildman–Crippen MR) is 161 cm³/mol. The van der Waals surface area contributed by atoms with Gasteiger partial charge in [0.15, 0.2) is 0 Å². The first-order chi connectivity index (χ1) is 18.7. The number of hydrogen-bond donors (Lipinski definition) is 0. The fraction of sp³-hybridized carbons (Fsp3) is 0.206. The highest BCUT2D eigenvalue weighted by molar-refractivity contribution is 7.02. The van der Waals surface area contributed by atoms with Gasteiger partial charge in [-0.05, 0) is 16.7 Å². The van der Waals surface area contributed by atoms with Crippen molar-refractivity contribution in [2.75, 3.05) is 0 Å². The van der Waals surface area contributed by atoms with E-state index in [2.05, 4.69) is 120 Å². The molecule has 0 spiro atoms. The maximum Gasteiger partial charge on any atom is 0.140 e. The molecule has 1 saturated carbocycles. The lowest BCUT2D eigenvalue weighted by molar-refractivity contribution is 0.684. The smallest absolute Gasteiger partial charge is 0.140 e. The third-order valence-electron chi connectivity index (χ3n) is 8.58. The van der Waals surface area contributed by atoms with Crippen molar-refractivity contribution >= 4 is 26.3 Å². The summed E-state index contributed by atoms with van der Waals surface area (Å²) in [5, 5.41) is 2.13. The zero-order chi connectivity index (χ0) is 25.8. The first-order valence-corrected chi connectivity index (χ1v) is 16.0. The normalized spacial score (nSPS) is 14.5. The molecule has 0 bridgehead atoms. The van der Waals surface area contributed by atoms with Crippen LogP contribution in [0.1, 0.15) is 42.6 Å². The Bertz CT molecular complexity index is 1370. The molecule has 38 heavy (non-hydrogen) atoms. The molecule has 0 unspecified atom stereocenters. The molecule has 4 heteroatoms. The molecule has 0 aliphatic heterocycles. The summed E-state index contributed by atoms with van der Waals surface area (Å²) in [5.41, 5.74) is 2.76. The molecule has 1 fully saturated rings. The Morgan fingerprint density at radius 1 is 0.684 bits per heavy atom. The second-order valence-corrected chi connectivity index (χ2v) is 14.8. The van der Waals surface area contributed by atoms with Crippen molar-refractivity contribution in [3.05, 3.63) is 151 Å². The summed E-state index contributed by atoms with van der Waals surface area (Å²) in [6, 6.07) is 43.5. The first-order valence-electron chi connectivity index (χ1n) is 13.8. The molecule has 2 nitrogen and oxygen atoms in total. The van der Waals surface area contributed by atoms with E-state index in [1.165, 1.54) is 36.1 Å². The number of benzene rings is 4. The lowest BCUT2D eigenvalue weighted by atomic mass is 9.59. The molecule has 6 rings (SSSR count). The van der Waals surface area contributed by atoms with Gasteiger partial charge in [-0.25, -0.2) is 4.98 Å². The first kappa shape index (κ1) is 24.7. The minimum Gasteiger partial charge on any atom is -0.337 e. The zero-order valence-electron chi connectivity index (χ0n) is 21.8. The Morgan fingerprint density at radius 2 is 1.13 bits per heavy atom. The molecular weight excluding hydrogens is 475 g/mol. The predicted octanol–water partition coefficient (Wildman–Crippen LogP) is 6.09. The van der Waals surface area contributed by atoms with Crippen LogP contribution in [-0.4, -0.2) is 25.5 Å². The second-order valence-electron chi connectivity index (χ2n) is 10.6. The Balaban J connectivity index is 1.56. The van der Waals surface area contributed by atoms with Crippen molar-refractivity contribution in [1.29, 1.82) is 0 Å². The van der Waals surface area contributed by atoms with Crippen LogP contribution in [0.15, 0.2) is 134 Å². The van der Waals surface area contributed by atoms with Crippen molar-refractivity contribution < 1.29 is 0 Å². The van der Waals surface area contributed by atoms with Gasteiger partial charge in [0.2, 0.25) is 0 Å². The molecule has 5 aromatic rings. The van der Waals surface area contributed by atoms with E-state index in [0.29, 0.717) is 5.54 Å². The standard InChI is InChI=1S/C34H33BN2Si/c35-34(28-15-5-1-6-16-28,29-17-7-2-8-18-29)33-36-25-26-37(33)27-38(32-23-13-14-24-32,30-19-9-3-10-20-30)31-21-11-4-12-22-31/h1-12,15-22,25-26,32H,13-14,23-24,27H2. The van der Waals surface area contributed by atoms with Crippen LogP contribution in [0.5, 0.6) is 0 Å². The summed E-state index contributed by atoms with van der Waals surface area (Å²) >= 11 is 0. The fourth-order valence-electron chi connectivity index (χ4n) is 6.72. The highest BCUT2D eigenvalue weighted by Gasteiger charge is 2.47. The summed E-state index contributed by atoms with van der Waals surface area (Å²) in [7, 11) is 5.23. The summed E-state index contributed by atoms with van der Waals surface area (Å²) in [5.74, 6) is 0.900. The maximum atomic E-state index is 7.49. The van der Waals surface area contributed by atoms with Gasteiger partial charge in [-0.3, -0.25) is 0 Å². The van der Waals surface area contributed by atoms with Crippen molar-refractivity contribution in [2.24, 2.45) is 0 Å². The van der Waals surface area contributed by atoms with Gasteiger partial charge < -0.3 is 4.57 Å². The topological polar surface area (TPSA) is 17.8 Å². The quantitative estimate of drug-likeness (QED) is 0.232. The number of hydrogen-bond acceptors (Lipinski definition) is 1. The molecule has 1 aliphatic rings. The lowest BCUT2D eigenvalue weighted by Crippen LogP contribution is -2.64. The molecule has 0 N–H and O–H groups in total. The monoisotopic (exact) mass is 508 g/mol. The number of rotatable bonds is 8. The molecule has 186 valence electrons. The van der Waals surface area contributed by atoms with Crippen LogP contribution in [0.2, 0.25) is 5.54 Å². The van der Waals surface area contributed by atoms with Crippen LogP contribution in [0.3, 0.4) is 0 Å². The molecule has 2 radical (unpaired) electrons. The van der Waals surface area contributed by atoms with E-state index in [4.69, 9.17) is 12.8 Å². The number of nitrogens with zero attached hydrogens (tertiary/aromatic N) is 2. The molecule has 0 atom stereocenters. The van der Waals surface area contributed by atoms with Gasteiger partial charge in [0.25, 0.3) is 0 Å². The Hall–Kier alpha value is -3.63. The third kappa shape index (κ3) is 4.27. The van der Waals surface area contributed by atoms with Gasteiger partial charge in [-0.2, -0.15) is 0 Å². The van der Waals surface area contributed by atoms with E-state index in [1.54, 1.807) is 0 Å².